The monoisotopic (exact) mass is 288 g/mol. The fourth-order valence-electron chi connectivity index (χ4n) is 0.277. The normalized spacial score (nSPS) is 9.23. The van der Waals surface area contributed by atoms with E-state index >= 15 is 0 Å². The SMILES string of the molecule is C=CCNC(=S)SSSSC(N)=S. The molecule has 0 aliphatic rings. The maximum absolute atomic E-state index is 5.28. The molecule has 0 atom stereocenters. The molecule has 0 aromatic rings. The predicted octanol–water partition coefficient (Wildman–Crippen LogP) is 2.97. The van der Waals surface area contributed by atoms with E-state index in [4.69, 9.17) is 18.0 Å². The van der Waals surface area contributed by atoms with Crippen LogP contribution in [0.5, 0.6) is 0 Å². The van der Waals surface area contributed by atoms with E-state index in [-0.39, 0.29) is 0 Å². The highest BCUT2D eigenvalue weighted by Crippen LogP contribution is 2.43. The molecule has 0 aromatic carbocycles. The van der Waals surface area contributed by atoms with Crippen molar-refractivity contribution < 1.29 is 0 Å². The molecule has 0 aromatic heterocycles. The maximum Gasteiger partial charge on any atom is 0.145 e. The van der Waals surface area contributed by atoms with Gasteiger partial charge in [0.1, 0.15) is 8.64 Å². The van der Waals surface area contributed by atoms with Crippen molar-refractivity contribution in [1.29, 1.82) is 0 Å². The summed E-state index contributed by atoms with van der Waals surface area (Å²) in [6.07, 6.45) is 1.76. The Balaban J connectivity index is 3.26. The van der Waals surface area contributed by atoms with Gasteiger partial charge >= 0.3 is 0 Å². The fraction of sp³-hybridized carbons (Fsp3) is 0.200. The molecule has 3 N–H and O–H groups in total. The Morgan fingerprint density at radius 2 is 2.00 bits per heavy atom. The van der Waals surface area contributed by atoms with Gasteiger partial charge in [-0.15, -0.1) is 6.58 Å². The average molecular weight is 289 g/mol. The first-order valence-electron chi connectivity index (χ1n) is 3.03. The standard InChI is InChI=1S/C5H8N2S6/c1-2-3-7-5(9)11-13-12-10-4(6)8/h2H,1,3H2,(H2,6,8)(H,7,9). The second-order valence-electron chi connectivity index (χ2n) is 1.58. The van der Waals surface area contributed by atoms with E-state index in [0.29, 0.717) is 10.9 Å². The molecule has 0 rings (SSSR count). The van der Waals surface area contributed by atoms with Gasteiger partial charge in [0.15, 0.2) is 0 Å². The molecular weight excluding hydrogens is 280 g/mol. The summed E-state index contributed by atoms with van der Waals surface area (Å²) < 4.78 is 1.17. The predicted molar refractivity (Wildman–Crippen MR) is 77.9 cm³/mol. The molecule has 0 heterocycles. The van der Waals surface area contributed by atoms with Crippen LogP contribution >= 0.6 is 65.7 Å². The summed E-state index contributed by atoms with van der Waals surface area (Å²) in [6, 6.07) is 0. The second kappa shape index (κ2) is 9.47. The number of hydrogen-bond donors (Lipinski definition) is 2. The lowest BCUT2D eigenvalue weighted by Crippen LogP contribution is -2.16. The van der Waals surface area contributed by atoms with Crippen LogP contribution in [-0.4, -0.2) is 15.2 Å². The number of rotatable bonds is 5. The van der Waals surface area contributed by atoms with Crippen LogP contribution in [0.1, 0.15) is 0 Å². The number of nitrogens with one attached hydrogen (secondary N) is 1. The van der Waals surface area contributed by atoms with Gasteiger partial charge in [-0.05, 0) is 41.2 Å². The van der Waals surface area contributed by atoms with E-state index in [2.05, 4.69) is 24.1 Å². The summed E-state index contributed by atoms with van der Waals surface area (Å²) in [6.45, 7) is 4.27. The number of hydrogen-bond acceptors (Lipinski definition) is 6. The Bertz CT molecular complexity index is 193. The molecule has 2 nitrogen and oxygen atoms in total. The molecule has 0 unspecified atom stereocenters. The lowest BCUT2D eigenvalue weighted by Gasteiger charge is -2.02. The summed E-state index contributed by atoms with van der Waals surface area (Å²) in [5.41, 5.74) is 5.28. The smallest absolute Gasteiger partial charge is 0.145 e. The van der Waals surface area contributed by atoms with Crippen molar-refractivity contribution in [2.75, 3.05) is 6.54 Å². The van der Waals surface area contributed by atoms with Crippen LogP contribution < -0.4 is 11.1 Å². The summed E-state index contributed by atoms with van der Waals surface area (Å²) >= 11 is 9.68. The topological polar surface area (TPSA) is 38.0 Å². The Morgan fingerprint density at radius 3 is 2.54 bits per heavy atom. The van der Waals surface area contributed by atoms with Crippen molar-refractivity contribution in [3.63, 3.8) is 0 Å². The molecule has 0 bridgehead atoms. The van der Waals surface area contributed by atoms with Crippen LogP contribution in [-0.2, 0) is 0 Å². The zero-order valence-electron chi connectivity index (χ0n) is 6.52. The van der Waals surface area contributed by atoms with Crippen molar-refractivity contribution in [1.82, 2.24) is 5.32 Å². The Labute approximate surface area is 104 Å². The molecule has 0 aliphatic carbocycles. The number of nitrogens with two attached hydrogens (primary N) is 1. The van der Waals surface area contributed by atoms with E-state index in [1.807, 2.05) is 0 Å². The third-order valence-electron chi connectivity index (χ3n) is 0.644. The van der Waals surface area contributed by atoms with E-state index < -0.39 is 0 Å². The third-order valence-corrected chi connectivity index (χ3v) is 7.41. The zero-order chi connectivity index (χ0) is 10.1. The molecule has 0 aliphatic heterocycles. The van der Waals surface area contributed by atoms with Gasteiger partial charge in [-0.1, -0.05) is 30.5 Å². The quantitative estimate of drug-likeness (QED) is 0.346. The van der Waals surface area contributed by atoms with Crippen LogP contribution in [0.15, 0.2) is 12.7 Å². The minimum atomic E-state index is 0.433. The van der Waals surface area contributed by atoms with Crippen LogP contribution in [0.25, 0.3) is 0 Å². The van der Waals surface area contributed by atoms with Gasteiger partial charge in [0.25, 0.3) is 0 Å². The van der Waals surface area contributed by atoms with Crippen molar-refractivity contribution in [3.05, 3.63) is 12.7 Å². The van der Waals surface area contributed by atoms with Gasteiger partial charge in [0, 0.05) is 6.54 Å². The van der Waals surface area contributed by atoms with Crippen LogP contribution in [0.2, 0.25) is 0 Å². The van der Waals surface area contributed by atoms with Crippen molar-refractivity contribution in [2.24, 2.45) is 5.73 Å². The van der Waals surface area contributed by atoms with Gasteiger partial charge in [0.2, 0.25) is 0 Å². The summed E-state index contributed by atoms with van der Waals surface area (Å²) in [7, 11) is 5.86. The minimum Gasteiger partial charge on any atom is -0.384 e. The summed E-state index contributed by atoms with van der Waals surface area (Å²) in [5, 5.41) is 2.99. The third kappa shape index (κ3) is 10.8. The Kier molecular flexibility index (Phi) is 10.1. The van der Waals surface area contributed by atoms with Gasteiger partial charge in [-0.3, -0.25) is 0 Å². The van der Waals surface area contributed by atoms with Crippen molar-refractivity contribution >= 4 is 74.3 Å². The molecule has 13 heavy (non-hydrogen) atoms. The molecule has 0 amide bonds. The van der Waals surface area contributed by atoms with Crippen LogP contribution in [0.3, 0.4) is 0 Å². The minimum absolute atomic E-state index is 0.433. The first-order valence-corrected chi connectivity index (χ1v) is 8.66. The molecule has 0 fully saturated rings. The molecule has 74 valence electrons. The van der Waals surface area contributed by atoms with Gasteiger partial charge in [0.05, 0.1) is 0 Å². The lowest BCUT2D eigenvalue weighted by molar-refractivity contribution is 1.08. The molecule has 0 spiro atoms. The molecule has 0 saturated heterocycles. The van der Waals surface area contributed by atoms with Gasteiger partial charge in [-0.2, -0.15) is 0 Å². The highest BCUT2D eigenvalue weighted by atomic mass is 33.7. The molecule has 0 saturated carbocycles. The number of thiocarbonyl (C=S) groups is 2. The van der Waals surface area contributed by atoms with Crippen LogP contribution in [0, 0.1) is 0 Å². The molecular formula is C5H8N2S6. The Morgan fingerprint density at radius 1 is 1.38 bits per heavy atom. The maximum atomic E-state index is 5.28. The van der Waals surface area contributed by atoms with Gasteiger partial charge in [-0.25, -0.2) is 0 Å². The van der Waals surface area contributed by atoms with E-state index in [1.54, 1.807) is 6.08 Å². The van der Waals surface area contributed by atoms with Crippen molar-refractivity contribution in [3.8, 4) is 0 Å². The van der Waals surface area contributed by atoms with Crippen LogP contribution in [0.4, 0.5) is 0 Å². The first kappa shape index (κ1) is 13.9. The van der Waals surface area contributed by atoms with Crippen molar-refractivity contribution in [2.45, 2.75) is 0 Å². The summed E-state index contributed by atoms with van der Waals surface area (Å²) in [4.78, 5) is 0. The Hall–Kier alpha value is 0.920. The largest absolute Gasteiger partial charge is 0.384 e. The van der Waals surface area contributed by atoms with E-state index in [0.717, 1.165) is 4.32 Å². The first-order chi connectivity index (χ1) is 6.16. The molecule has 0 radical (unpaired) electrons. The zero-order valence-corrected chi connectivity index (χ0v) is 11.4. The van der Waals surface area contributed by atoms with E-state index in [9.17, 15) is 0 Å². The average Bonchev–Trinajstić information content (AvgIpc) is 2.08. The lowest BCUT2D eigenvalue weighted by atomic mass is 10.6. The second-order valence-corrected chi connectivity index (χ2v) is 8.66. The molecule has 8 heteroatoms. The fourth-order valence-corrected chi connectivity index (χ4v) is 6.08. The van der Waals surface area contributed by atoms with Gasteiger partial charge < -0.3 is 11.1 Å². The highest BCUT2D eigenvalue weighted by molar-refractivity contribution is 9.29. The summed E-state index contributed by atoms with van der Waals surface area (Å²) in [5.74, 6) is 0. The van der Waals surface area contributed by atoms with E-state index in [1.165, 1.54) is 41.2 Å². The highest BCUT2D eigenvalue weighted by Gasteiger charge is 1.98.